The topological polar surface area (TPSA) is 336 Å². The molecule has 24 nitrogen and oxygen atoms in total. The zero-order valence-electron chi connectivity index (χ0n) is 41.7. The normalized spacial score (nSPS) is 15.0. The van der Waals surface area contributed by atoms with Gasteiger partial charge >= 0.3 is 35.9 Å². The van der Waals surface area contributed by atoms with Gasteiger partial charge in [0.25, 0.3) is 5.91 Å². The van der Waals surface area contributed by atoms with Crippen molar-refractivity contribution in [3.05, 3.63) is 68.8 Å². The van der Waals surface area contributed by atoms with E-state index in [1.54, 1.807) is 43.9 Å². The molecule has 25 heteroatoms. The lowest BCUT2D eigenvalue weighted by Crippen LogP contribution is -2.51. The summed E-state index contributed by atoms with van der Waals surface area (Å²) in [5.74, 6) is -6.86. The van der Waals surface area contributed by atoms with Crippen molar-refractivity contribution in [1.29, 1.82) is 0 Å². The number of ketones is 1. The van der Waals surface area contributed by atoms with Crippen molar-refractivity contribution in [3.8, 4) is 0 Å². The van der Waals surface area contributed by atoms with Crippen LogP contribution in [0, 0.1) is 3.57 Å². The lowest BCUT2D eigenvalue weighted by molar-refractivity contribution is -0.140. The van der Waals surface area contributed by atoms with Gasteiger partial charge in [-0.2, -0.15) is 0 Å². The lowest BCUT2D eigenvalue weighted by Gasteiger charge is -2.32. The summed E-state index contributed by atoms with van der Waals surface area (Å²) in [4.78, 5) is 130. The number of carbonyl (C=O) groups excluding carboxylic acids is 5. The van der Waals surface area contributed by atoms with Gasteiger partial charge in [0.1, 0.15) is 17.9 Å². The molecule has 0 radical (unpaired) electrons. The van der Waals surface area contributed by atoms with E-state index in [4.69, 9.17) is 0 Å². The standard InChI is InChI=1S/C49H70IN9O15/c1-34(60)8-17-40(48(72)73)54-49(74)53-39(47(70)71)6-3-5-19-59(29-36-11-15-38(50)16-12-36)46(69)37-13-9-35(10-14-37)28-52-41(61)7-2-4-18-51-42(62)30-55-20-22-56(31-43(63)64)24-26-58(33-45(67)68)27-25-57(23-21-55)32-44(65)66/h9-16,39-40H,2-8,17-33H2,1H3,(H,51,62)(H,52,61)(H,63,64)(H,65,66)(H,67,68)(H,70,71)(H,72,73)(H2,53,54,74)/t39-,40-/m1/s1. The number of rotatable bonds is 30. The number of hydrogen-bond donors (Lipinski definition) is 9. The highest BCUT2D eigenvalue weighted by molar-refractivity contribution is 14.1. The Morgan fingerprint density at radius 3 is 1.50 bits per heavy atom. The minimum absolute atomic E-state index is 0.00462. The second kappa shape index (κ2) is 33.5. The summed E-state index contributed by atoms with van der Waals surface area (Å²) >= 11 is 2.18. The molecular weight excluding hydrogens is 1080 g/mol. The number of carboxylic acids is 5. The third-order valence-corrected chi connectivity index (χ3v) is 12.7. The van der Waals surface area contributed by atoms with Gasteiger partial charge in [0, 0.05) is 101 Å². The minimum Gasteiger partial charge on any atom is -0.480 e. The predicted molar refractivity (Wildman–Crippen MR) is 276 cm³/mol. The molecule has 0 unspecified atom stereocenters. The minimum atomic E-state index is -1.38. The monoisotopic (exact) mass is 1150 g/mol. The van der Waals surface area contributed by atoms with Crippen LogP contribution in [0.4, 0.5) is 4.79 Å². The van der Waals surface area contributed by atoms with E-state index in [1.807, 2.05) is 29.2 Å². The van der Waals surface area contributed by atoms with Crippen LogP contribution in [-0.4, -0.2) is 213 Å². The summed E-state index contributed by atoms with van der Waals surface area (Å²) in [5.41, 5.74) is 2.01. The smallest absolute Gasteiger partial charge is 0.326 e. The first kappa shape index (κ1) is 62.0. The van der Waals surface area contributed by atoms with Gasteiger partial charge < -0.3 is 56.5 Å². The number of Topliss-reactive ketones (excluding diaryl/α,β-unsaturated/α-hetero) is 1. The number of hydrogen-bond acceptors (Lipinski definition) is 14. The van der Waals surface area contributed by atoms with Crippen LogP contribution >= 0.6 is 22.6 Å². The Morgan fingerprint density at radius 1 is 0.554 bits per heavy atom. The number of aliphatic carboxylic acids is 5. The Hall–Kier alpha value is -6.29. The Morgan fingerprint density at radius 2 is 1.03 bits per heavy atom. The van der Waals surface area contributed by atoms with Crippen molar-refractivity contribution in [2.45, 2.75) is 83.5 Å². The van der Waals surface area contributed by atoms with Crippen LogP contribution < -0.4 is 21.3 Å². The van der Waals surface area contributed by atoms with Gasteiger partial charge in [0.05, 0.1) is 26.2 Å². The molecule has 74 heavy (non-hydrogen) atoms. The van der Waals surface area contributed by atoms with Gasteiger partial charge in [-0.15, -0.1) is 0 Å². The average molecular weight is 1150 g/mol. The number of unbranched alkanes of at least 4 members (excludes halogenated alkanes) is 2. The van der Waals surface area contributed by atoms with Crippen molar-refractivity contribution in [2.75, 3.05) is 91.6 Å². The second-order valence-electron chi connectivity index (χ2n) is 18.1. The Balaban J connectivity index is 1.48. The molecule has 1 aliphatic heterocycles. The summed E-state index contributed by atoms with van der Waals surface area (Å²) in [5, 5.41) is 57.7. The number of benzene rings is 2. The first-order valence-corrected chi connectivity index (χ1v) is 25.5. The van der Waals surface area contributed by atoms with Crippen LogP contribution in [-0.2, 0) is 51.4 Å². The molecule has 2 aromatic rings. The molecule has 0 aliphatic carbocycles. The molecule has 2 aromatic carbocycles. The fourth-order valence-corrected chi connectivity index (χ4v) is 8.21. The van der Waals surface area contributed by atoms with Crippen molar-refractivity contribution in [3.63, 3.8) is 0 Å². The summed E-state index contributed by atoms with van der Waals surface area (Å²) in [7, 11) is 0. The second-order valence-corrected chi connectivity index (χ2v) is 19.3. The van der Waals surface area contributed by atoms with E-state index in [1.165, 1.54) is 6.92 Å². The van der Waals surface area contributed by atoms with Gasteiger partial charge in [-0.1, -0.05) is 24.3 Å². The highest BCUT2D eigenvalue weighted by atomic mass is 127. The fourth-order valence-electron chi connectivity index (χ4n) is 7.85. The van der Waals surface area contributed by atoms with E-state index in [0.29, 0.717) is 50.9 Å². The number of nitrogens with zero attached hydrogens (tertiary/aromatic N) is 5. The van der Waals surface area contributed by atoms with Crippen molar-refractivity contribution in [1.82, 2.24) is 45.8 Å². The molecule has 0 saturated carbocycles. The Labute approximate surface area is 443 Å². The maximum atomic E-state index is 13.9. The third kappa shape index (κ3) is 26.1. The Bertz CT molecular complexity index is 2170. The van der Waals surface area contributed by atoms with Crippen molar-refractivity contribution in [2.24, 2.45) is 0 Å². The summed E-state index contributed by atoms with van der Waals surface area (Å²) in [6.07, 6.45) is 1.62. The number of amides is 5. The molecule has 1 saturated heterocycles. The first-order chi connectivity index (χ1) is 35.2. The van der Waals surface area contributed by atoms with E-state index in [9.17, 15) is 73.5 Å². The molecule has 408 valence electrons. The predicted octanol–water partition coefficient (Wildman–Crippen LogP) is 1.06. The number of nitrogens with one attached hydrogen (secondary N) is 4. The van der Waals surface area contributed by atoms with Gasteiger partial charge in [-0.25, -0.2) is 14.4 Å². The maximum absolute atomic E-state index is 13.9. The molecule has 0 spiro atoms. The van der Waals surface area contributed by atoms with Crippen LogP contribution in [0.2, 0.25) is 0 Å². The molecule has 2 atom stereocenters. The molecule has 1 heterocycles. The molecule has 9 N–H and O–H groups in total. The van der Waals surface area contributed by atoms with Crippen molar-refractivity contribution >= 4 is 82.0 Å². The number of carbonyl (C=O) groups is 10. The van der Waals surface area contributed by atoms with Gasteiger partial charge in [-0.3, -0.25) is 48.4 Å². The quantitative estimate of drug-likeness (QED) is 0.0390. The zero-order chi connectivity index (χ0) is 54.6. The molecule has 5 amide bonds. The number of urea groups is 1. The van der Waals surface area contributed by atoms with Crippen LogP contribution in [0.25, 0.3) is 0 Å². The van der Waals surface area contributed by atoms with Gasteiger partial charge in [-0.05, 0) is 103 Å². The summed E-state index contributed by atoms with van der Waals surface area (Å²) in [6, 6.07) is 10.7. The fraction of sp³-hybridized carbons (Fsp3) is 0.551. The highest BCUT2D eigenvalue weighted by Gasteiger charge is 2.26. The van der Waals surface area contributed by atoms with E-state index < -0.39 is 48.0 Å². The van der Waals surface area contributed by atoms with Crippen LogP contribution in [0.3, 0.4) is 0 Å². The third-order valence-electron chi connectivity index (χ3n) is 12.0. The maximum Gasteiger partial charge on any atom is 0.326 e. The van der Waals surface area contributed by atoms with E-state index in [2.05, 4.69) is 43.9 Å². The number of halogens is 1. The summed E-state index contributed by atoms with van der Waals surface area (Å²) < 4.78 is 1.01. The summed E-state index contributed by atoms with van der Waals surface area (Å²) in [6.45, 7) is 3.68. The lowest BCUT2D eigenvalue weighted by atomic mass is 10.1. The average Bonchev–Trinajstić information content (AvgIpc) is 3.33. The largest absolute Gasteiger partial charge is 0.480 e. The molecule has 1 fully saturated rings. The molecule has 0 bridgehead atoms. The number of carboxylic acid groups (broad SMARTS) is 5. The van der Waals surface area contributed by atoms with Crippen LogP contribution in [0.15, 0.2) is 48.5 Å². The highest BCUT2D eigenvalue weighted by Crippen LogP contribution is 2.16. The molecule has 0 aromatic heterocycles. The van der Waals surface area contributed by atoms with Crippen LogP contribution in [0.5, 0.6) is 0 Å². The zero-order valence-corrected chi connectivity index (χ0v) is 43.8. The van der Waals surface area contributed by atoms with E-state index in [-0.39, 0.29) is 134 Å². The van der Waals surface area contributed by atoms with Crippen molar-refractivity contribution < 1.29 is 73.5 Å². The van der Waals surface area contributed by atoms with Gasteiger partial charge in [0.15, 0.2) is 0 Å². The van der Waals surface area contributed by atoms with E-state index >= 15 is 0 Å². The SMILES string of the molecule is CC(=O)CC[C@@H](NC(=O)N[C@H](CCCCN(Cc1ccc(I)cc1)C(=O)c1ccc(CNC(=O)CCCCNC(=O)CN2CCN(CC(=O)O)CCN(CC(=O)O)CCN(CC(=O)O)CC2)cc1)C(=O)O)C(=O)O. The van der Waals surface area contributed by atoms with Crippen LogP contribution in [0.1, 0.15) is 79.8 Å². The van der Waals surface area contributed by atoms with E-state index in [0.717, 1.165) is 14.7 Å². The molecule has 1 aliphatic rings. The molecular formula is C49H70IN9O15. The first-order valence-electron chi connectivity index (χ1n) is 24.4. The Kier molecular flexibility index (Phi) is 28.1. The van der Waals surface area contributed by atoms with Gasteiger partial charge in [0.2, 0.25) is 11.8 Å². The molecule has 3 rings (SSSR count).